The summed E-state index contributed by atoms with van der Waals surface area (Å²) in [6, 6.07) is 8.80. The fourth-order valence-electron chi connectivity index (χ4n) is 1.61. The molecule has 0 fully saturated rings. The first-order chi connectivity index (χ1) is 9.47. The molecule has 6 heteroatoms. The highest BCUT2D eigenvalue weighted by Gasteiger charge is 2.10. The van der Waals surface area contributed by atoms with E-state index in [1.165, 1.54) is 23.9 Å². The number of rotatable bonds is 4. The number of carbonyl (C=O) groups is 1. The summed E-state index contributed by atoms with van der Waals surface area (Å²) in [4.78, 5) is 11.6. The van der Waals surface area contributed by atoms with E-state index in [4.69, 9.17) is 22.4 Å². The van der Waals surface area contributed by atoms with E-state index < -0.39 is 11.8 Å². The molecule has 2 aromatic rings. The van der Waals surface area contributed by atoms with E-state index in [0.29, 0.717) is 16.3 Å². The number of halogens is 2. The fourth-order valence-corrected chi connectivity index (χ4v) is 2.85. The predicted molar refractivity (Wildman–Crippen MR) is 78.8 cm³/mol. The minimum atomic E-state index is -1.08. The Morgan fingerprint density at radius 3 is 2.70 bits per heavy atom. The largest absolute Gasteiger partial charge is 0.478 e. The highest BCUT2D eigenvalue weighted by Crippen LogP contribution is 2.31. The highest BCUT2D eigenvalue weighted by atomic mass is 35.5. The highest BCUT2D eigenvalue weighted by molar-refractivity contribution is 7.98. The number of aromatic carboxylic acids is 1. The summed E-state index contributed by atoms with van der Waals surface area (Å²) in [5, 5.41) is 9.39. The van der Waals surface area contributed by atoms with Gasteiger partial charge in [-0.3, -0.25) is 0 Å². The van der Waals surface area contributed by atoms with E-state index in [2.05, 4.69) is 0 Å². The summed E-state index contributed by atoms with van der Waals surface area (Å²) in [6.45, 7) is 0. The molecule has 0 amide bonds. The normalized spacial score (nSPS) is 10.5. The van der Waals surface area contributed by atoms with E-state index in [0.717, 1.165) is 11.0 Å². The van der Waals surface area contributed by atoms with Crippen LogP contribution in [-0.2, 0) is 5.75 Å². The molecule has 104 valence electrons. The maximum atomic E-state index is 13.6. The van der Waals surface area contributed by atoms with Crippen LogP contribution in [0.15, 0.2) is 41.3 Å². The van der Waals surface area contributed by atoms with Crippen molar-refractivity contribution in [2.75, 3.05) is 5.73 Å². The Labute approximate surface area is 124 Å². The molecular formula is C14H11ClFNO2S. The van der Waals surface area contributed by atoms with Gasteiger partial charge in [0.15, 0.2) is 0 Å². The van der Waals surface area contributed by atoms with E-state index in [-0.39, 0.29) is 11.3 Å². The molecule has 0 aliphatic rings. The van der Waals surface area contributed by atoms with Crippen LogP contribution in [0.3, 0.4) is 0 Å². The van der Waals surface area contributed by atoms with Gasteiger partial charge in [0.05, 0.1) is 10.6 Å². The lowest BCUT2D eigenvalue weighted by atomic mass is 10.1. The van der Waals surface area contributed by atoms with Gasteiger partial charge < -0.3 is 10.8 Å². The Morgan fingerprint density at radius 1 is 1.30 bits per heavy atom. The van der Waals surface area contributed by atoms with Crippen LogP contribution in [0.5, 0.6) is 0 Å². The Morgan fingerprint density at radius 2 is 2.05 bits per heavy atom. The molecule has 3 nitrogen and oxygen atoms in total. The lowest BCUT2D eigenvalue weighted by Crippen LogP contribution is -1.99. The molecule has 0 unspecified atom stereocenters. The van der Waals surface area contributed by atoms with Gasteiger partial charge >= 0.3 is 5.97 Å². The van der Waals surface area contributed by atoms with Crippen molar-refractivity contribution in [3.8, 4) is 0 Å². The molecule has 20 heavy (non-hydrogen) atoms. The topological polar surface area (TPSA) is 63.3 Å². The SMILES string of the molecule is Nc1ccc(SCc2cc(C(=O)O)ccc2F)c(Cl)c1. The molecule has 0 aliphatic heterocycles. The maximum absolute atomic E-state index is 13.6. The first-order valence-corrected chi connectivity index (χ1v) is 7.03. The molecule has 0 spiro atoms. The van der Waals surface area contributed by atoms with E-state index in [1.54, 1.807) is 18.2 Å². The van der Waals surface area contributed by atoms with Crippen molar-refractivity contribution in [2.45, 2.75) is 10.6 Å². The van der Waals surface area contributed by atoms with Crippen LogP contribution in [0.4, 0.5) is 10.1 Å². The summed E-state index contributed by atoms with van der Waals surface area (Å²) in [5.41, 5.74) is 6.53. The zero-order valence-electron chi connectivity index (χ0n) is 10.3. The standard InChI is InChI=1S/C14H11ClFNO2S/c15-11-6-10(17)2-4-13(11)20-7-9-5-8(14(18)19)1-3-12(9)16/h1-6H,7,17H2,(H,18,19). The Hall–Kier alpha value is -1.72. The lowest BCUT2D eigenvalue weighted by molar-refractivity contribution is 0.0696. The van der Waals surface area contributed by atoms with Crippen LogP contribution in [0, 0.1) is 5.82 Å². The van der Waals surface area contributed by atoms with Gasteiger partial charge in [0.25, 0.3) is 0 Å². The Kier molecular flexibility index (Phi) is 4.52. The van der Waals surface area contributed by atoms with Crippen LogP contribution in [0.2, 0.25) is 5.02 Å². The zero-order valence-corrected chi connectivity index (χ0v) is 11.8. The van der Waals surface area contributed by atoms with Gasteiger partial charge in [-0.05, 0) is 42.0 Å². The number of hydrogen-bond donors (Lipinski definition) is 2. The van der Waals surface area contributed by atoms with Gasteiger partial charge in [-0.15, -0.1) is 11.8 Å². The third-order valence-electron chi connectivity index (χ3n) is 2.63. The second kappa shape index (κ2) is 6.15. The molecule has 0 aliphatic carbocycles. The summed E-state index contributed by atoms with van der Waals surface area (Å²) in [5.74, 6) is -1.23. The lowest BCUT2D eigenvalue weighted by Gasteiger charge is -2.07. The quantitative estimate of drug-likeness (QED) is 0.660. The first-order valence-electron chi connectivity index (χ1n) is 5.67. The molecule has 3 N–H and O–H groups in total. The molecule has 0 bridgehead atoms. The third-order valence-corrected chi connectivity index (χ3v) is 4.18. The van der Waals surface area contributed by atoms with Gasteiger partial charge in [-0.25, -0.2) is 9.18 Å². The van der Waals surface area contributed by atoms with Gasteiger partial charge in [0, 0.05) is 16.3 Å². The number of nitrogen functional groups attached to an aromatic ring is 1. The molecule has 2 aromatic carbocycles. The molecule has 2 rings (SSSR count). The van der Waals surface area contributed by atoms with Crippen molar-refractivity contribution >= 4 is 35.0 Å². The van der Waals surface area contributed by atoms with Crippen molar-refractivity contribution < 1.29 is 14.3 Å². The van der Waals surface area contributed by atoms with Gasteiger partial charge in [-0.1, -0.05) is 11.6 Å². The first kappa shape index (κ1) is 14.7. The van der Waals surface area contributed by atoms with Crippen LogP contribution in [0.1, 0.15) is 15.9 Å². The predicted octanol–water partition coefficient (Wildman–Crippen LogP) is 4.05. The number of carboxylic acid groups (broad SMARTS) is 1. The van der Waals surface area contributed by atoms with Crippen molar-refractivity contribution in [1.29, 1.82) is 0 Å². The summed E-state index contributed by atoms with van der Waals surface area (Å²) >= 11 is 7.35. The summed E-state index contributed by atoms with van der Waals surface area (Å²) in [7, 11) is 0. The maximum Gasteiger partial charge on any atom is 0.335 e. The van der Waals surface area contributed by atoms with Gasteiger partial charge in [-0.2, -0.15) is 0 Å². The van der Waals surface area contributed by atoms with E-state index >= 15 is 0 Å². The molecule has 0 radical (unpaired) electrons. The number of benzene rings is 2. The number of nitrogens with two attached hydrogens (primary N) is 1. The average Bonchev–Trinajstić information content (AvgIpc) is 2.39. The monoisotopic (exact) mass is 311 g/mol. The van der Waals surface area contributed by atoms with Crippen molar-refractivity contribution in [2.24, 2.45) is 0 Å². The molecule has 0 aromatic heterocycles. The number of hydrogen-bond acceptors (Lipinski definition) is 3. The Balaban J connectivity index is 2.18. The second-order valence-corrected chi connectivity index (χ2v) is 5.51. The average molecular weight is 312 g/mol. The van der Waals surface area contributed by atoms with Gasteiger partial charge in [0.1, 0.15) is 5.82 Å². The number of thioether (sulfide) groups is 1. The summed E-state index contributed by atoms with van der Waals surface area (Å²) in [6.07, 6.45) is 0. The van der Waals surface area contributed by atoms with Crippen LogP contribution >= 0.6 is 23.4 Å². The van der Waals surface area contributed by atoms with Crippen molar-refractivity contribution in [3.63, 3.8) is 0 Å². The van der Waals surface area contributed by atoms with Crippen LogP contribution in [0.25, 0.3) is 0 Å². The smallest absolute Gasteiger partial charge is 0.335 e. The van der Waals surface area contributed by atoms with Gasteiger partial charge in [0.2, 0.25) is 0 Å². The van der Waals surface area contributed by atoms with Crippen molar-refractivity contribution in [1.82, 2.24) is 0 Å². The molecule has 0 heterocycles. The van der Waals surface area contributed by atoms with E-state index in [9.17, 15) is 9.18 Å². The minimum absolute atomic E-state index is 0.0606. The second-order valence-electron chi connectivity index (χ2n) is 4.09. The summed E-state index contributed by atoms with van der Waals surface area (Å²) < 4.78 is 13.6. The third kappa shape index (κ3) is 3.43. The molecule has 0 saturated heterocycles. The van der Waals surface area contributed by atoms with Crippen molar-refractivity contribution in [3.05, 3.63) is 58.4 Å². The number of carboxylic acids is 1. The molecule has 0 atom stereocenters. The Bertz CT molecular complexity index is 664. The number of anilines is 1. The molecule has 0 saturated carbocycles. The van der Waals surface area contributed by atoms with Crippen LogP contribution < -0.4 is 5.73 Å². The minimum Gasteiger partial charge on any atom is -0.478 e. The molecular weight excluding hydrogens is 301 g/mol. The fraction of sp³-hybridized carbons (Fsp3) is 0.0714. The zero-order chi connectivity index (χ0) is 14.7. The van der Waals surface area contributed by atoms with Crippen LogP contribution in [-0.4, -0.2) is 11.1 Å². The van der Waals surface area contributed by atoms with E-state index in [1.807, 2.05) is 0 Å².